The largest absolute Gasteiger partial charge is 0.444 e. The molecule has 0 atom stereocenters. The second kappa shape index (κ2) is 8.83. The zero-order valence-electron chi connectivity index (χ0n) is 17.9. The van der Waals surface area contributed by atoms with Gasteiger partial charge in [-0.15, -0.1) is 16.4 Å². The number of nitrogens with zero attached hydrogens (tertiary/aromatic N) is 4. The fourth-order valence-electron chi connectivity index (χ4n) is 2.76. The highest BCUT2D eigenvalue weighted by Crippen LogP contribution is 2.28. The molecule has 0 saturated carbocycles. The number of ether oxygens (including phenoxy) is 1. The molecule has 0 aliphatic heterocycles. The Hall–Kier alpha value is -2.94. The molecule has 0 aliphatic rings. The summed E-state index contributed by atoms with van der Waals surface area (Å²) in [4.78, 5) is 31.2. The molecular formula is C21H27N5O3S. The van der Waals surface area contributed by atoms with E-state index in [1.54, 1.807) is 29.6 Å². The Morgan fingerprint density at radius 3 is 2.67 bits per heavy atom. The normalized spacial score (nSPS) is 11.5. The van der Waals surface area contributed by atoms with Gasteiger partial charge in [0.2, 0.25) is 0 Å². The summed E-state index contributed by atoms with van der Waals surface area (Å²) < 4.78 is 7.12. The van der Waals surface area contributed by atoms with Crippen LogP contribution in [0, 0.1) is 0 Å². The van der Waals surface area contributed by atoms with E-state index in [0.29, 0.717) is 23.8 Å². The van der Waals surface area contributed by atoms with Crippen LogP contribution in [0.4, 0.5) is 10.6 Å². The number of thiophene rings is 1. The van der Waals surface area contributed by atoms with E-state index in [1.807, 2.05) is 45.0 Å². The van der Waals surface area contributed by atoms with E-state index in [-0.39, 0.29) is 11.9 Å². The van der Waals surface area contributed by atoms with E-state index in [0.717, 1.165) is 22.6 Å². The predicted molar refractivity (Wildman–Crippen MR) is 118 cm³/mol. The van der Waals surface area contributed by atoms with Gasteiger partial charge in [0.15, 0.2) is 11.4 Å². The van der Waals surface area contributed by atoms with Crippen molar-refractivity contribution in [2.75, 3.05) is 25.5 Å². The zero-order valence-corrected chi connectivity index (χ0v) is 18.7. The number of amides is 1. The number of imidazole rings is 1. The third kappa shape index (κ3) is 5.35. The summed E-state index contributed by atoms with van der Waals surface area (Å²) in [6, 6.07) is 7.51. The highest BCUT2D eigenvalue weighted by atomic mass is 32.1. The highest BCUT2D eigenvalue weighted by Gasteiger charge is 2.19. The molecule has 0 aliphatic carbocycles. The van der Waals surface area contributed by atoms with E-state index in [9.17, 15) is 9.59 Å². The van der Waals surface area contributed by atoms with Crippen LogP contribution in [0.1, 0.15) is 43.8 Å². The second-order valence-electron chi connectivity index (χ2n) is 8.03. The van der Waals surface area contributed by atoms with Crippen molar-refractivity contribution >= 4 is 34.7 Å². The van der Waals surface area contributed by atoms with Gasteiger partial charge in [0, 0.05) is 20.1 Å². The van der Waals surface area contributed by atoms with E-state index < -0.39 is 5.60 Å². The Morgan fingerprint density at radius 2 is 2.00 bits per heavy atom. The van der Waals surface area contributed by atoms with Crippen LogP contribution in [0.5, 0.6) is 0 Å². The quantitative estimate of drug-likeness (QED) is 0.444. The lowest BCUT2D eigenvalue weighted by Gasteiger charge is -2.24. The van der Waals surface area contributed by atoms with Crippen molar-refractivity contribution in [3.05, 3.63) is 35.3 Å². The number of carbonyl (C=O) groups excluding carboxylic acids is 2. The predicted octanol–water partition coefficient (Wildman–Crippen LogP) is 4.33. The van der Waals surface area contributed by atoms with Gasteiger partial charge in [-0.1, -0.05) is 0 Å². The minimum absolute atomic E-state index is 0.0479. The molecule has 0 fully saturated rings. The fraction of sp³-hybridized carbons (Fsp3) is 0.429. The second-order valence-corrected chi connectivity index (χ2v) is 9.12. The summed E-state index contributed by atoms with van der Waals surface area (Å²) in [7, 11) is 1.73. The topological polar surface area (TPSA) is 88.8 Å². The summed E-state index contributed by atoms with van der Waals surface area (Å²) in [5.74, 6) is 0.761. The molecule has 30 heavy (non-hydrogen) atoms. The number of Topliss-reactive ketones (excluding diaryl/α,β-unsaturated/α-hetero) is 1. The first kappa shape index (κ1) is 21.8. The number of rotatable bonds is 7. The lowest BCUT2D eigenvalue weighted by atomic mass is 10.2. The van der Waals surface area contributed by atoms with Crippen molar-refractivity contribution in [2.45, 2.75) is 39.7 Å². The van der Waals surface area contributed by atoms with Crippen molar-refractivity contribution in [1.82, 2.24) is 19.5 Å². The molecule has 0 radical (unpaired) electrons. The molecule has 8 nitrogen and oxygen atoms in total. The van der Waals surface area contributed by atoms with E-state index >= 15 is 0 Å². The van der Waals surface area contributed by atoms with Crippen LogP contribution in [0.2, 0.25) is 0 Å². The number of nitrogens with one attached hydrogen (secondary N) is 1. The monoisotopic (exact) mass is 429 g/mol. The fourth-order valence-corrected chi connectivity index (χ4v) is 3.66. The molecule has 1 N–H and O–H groups in total. The molecule has 160 valence electrons. The van der Waals surface area contributed by atoms with Crippen molar-refractivity contribution in [1.29, 1.82) is 0 Å². The van der Waals surface area contributed by atoms with E-state index in [1.165, 1.54) is 11.3 Å². The highest BCUT2D eigenvalue weighted by molar-refractivity contribution is 7.17. The Kier molecular flexibility index (Phi) is 6.40. The molecule has 0 aromatic carbocycles. The standard InChI is InChI=1S/C21H27N5O3S/c1-14(27)16-7-8-17(30-16)15-13-23-19-10-9-18(24-26(15)19)22-11-6-12-25(5)20(28)29-21(2,3)4/h7-10,13H,6,11-12H2,1-5H3,(H,22,24). The number of hydrogen-bond donors (Lipinski definition) is 1. The van der Waals surface area contributed by atoms with Crippen LogP contribution < -0.4 is 5.32 Å². The first-order chi connectivity index (χ1) is 14.1. The van der Waals surface area contributed by atoms with Gasteiger partial charge in [0.1, 0.15) is 17.1 Å². The first-order valence-corrected chi connectivity index (χ1v) is 10.6. The summed E-state index contributed by atoms with van der Waals surface area (Å²) in [6.07, 6.45) is 2.18. The number of carbonyl (C=O) groups is 2. The summed E-state index contributed by atoms with van der Waals surface area (Å²) in [5, 5.41) is 7.91. The molecule has 0 saturated heterocycles. The van der Waals surface area contributed by atoms with Crippen LogP contribution in [-0.4, -0.2) is 57.1 Å². The van der Waals surface area contributed by atoms with Gasteiger partial charge >= 0.3 is 6.09 Å². The summed E-state index contributed by atoms with van der Waals surface area (Å²) in [6.45, 7) is 8.34. The molecule has 3 heterocycles. The van der Waals surface area contributed by atoms with Gasteiger partial charge in [-0.3, -0.25) is 4.79 Å². The van der Waals surface area contributed by atoms with Crippen LogP contribution in [0.3, 0.4) is 0 Å². The first-order valence-electron chi connectivity index (χ1n) is 9.78. The zero-order chi connectivity index (χ0) is 21.9. The minimum atomic E-state index is -0.501. The van der Waals surface area contributed by atoms with Crippen molar-refractivity contribution in [3.8, 4) is 10.6 Å². The van der Waals surface area contributed by atoms with Crippen molar-refractivity contribution in [3.63, 3.8) is 0 Å². The Labute approximate surface area is 179 Å². The molecule has 0 spiro atoms. The molecule has 0 bridgehead atoms. The maximum Gasteiger partial charge on any atom is 0.410 e. The van der Waals surface area contributed by atoms with Crippen LogP contribution in [-0.2, 0) is 4.74 Å². The van der Waals surface area contributed by atoms with Gasteiger partial charge in [-0.05, 0) is 58.4 Å². The number of fused-ring (bicyclic) bond motifs is 1. The maximum atomic E-state index is 12.0. The molecule has 1 amide bonds. The molecule has 3 aromatic rings. The third-order valence-electron chi connectivity index (χ3n) is 4.25. The third-order valence-corrected chi connectivity index (χ3v) is 5.46. The van der Waals surface area contributed by atoms with Gasteiger partial charge in [-0.2, -0.15) is 0 Å². The molecular weight excluding hydrogens is 402 g/mol. The maximum absolute atomic E-state index is 12.0. The van der Waals surface area contributed by atoms with E-state index in [4.69, 9.17) is 4.74 Å². The SMILES string of the molecule is CC(=O)c1ccc(-c2cnc3ccc(NCCCN(C)C(=O)OC(C)(C)C)nn23)s1. The lowest BCUT2D eigenvalue weighted by Crippen LogP contribution is -2.35. The Balaban J connectivity index is 1.61. The molecule has 0 unspecified atom stereocenters. The van der Waals surface area contributed by atoms with Gasteiger partial charge < -0.3 is 15.0 Å². The van der Waals surface area contributed by atoms with E-state index in [2.05, 4.69) is 15.4 Å². The molecule has 9 heteroatoms. The Morgan fingerprint density at radius 1 is 1.23 bits per heavy atom. The number of aromatic nitrogens is 3. The lowest BCUT2D eigenvalue weighted by molar-refractivity contribution is 0.0298. The number of anilines is 1. The summed E-state index contributed by atoms with van der Waals surface area (Å²) >= 11 is 1.43. The van der Waals surface area contributed by atoms with Crippen molar-refractivity contribution < 1.29 is 14.3 Å². The van der Waals surface area contributed by atoms with Gasteiger partial charge in [0.25, 0.3) is 0 Å². The van der Waals surface area contributed by atoms with Crippen LogP contribution in [0.15, 0.2) is 30.5 Å². The molecule has 3 rings (SSSR count). The van der Waals surface area contributed by atoms with Crippen LogP contribution >= 0.6 is 11.3 Å². The minimum Gasteiger partial charge on any atom is -0.444 e. The van der Waals surface area contributed by atoms with Gasteiger partial charge in [0.05, 0.1) is 16.0 Å². The summed E-state index contributed by atoms with van der Waals surface area (Å²) in [5.41, 5.74) is 1.08. The van der Waals surface area contributed by atoms with Crippen LogP contribution in [0.25, 0.3) is 16.2 Å². The number of ketones is 1. The number of hydrogen-bond acceptors (Lipinski definition) is 7. The average Bonchev–Trinajstić information content (AvgIpc) is 3.30. The van der Waals surface area contributed by atoms with Crippen molar-refractivity contribution in [2.24, 2.45) is 0 Å². The Bertz CT molecular complexity index is 1050. The average molecular weight is 430 g/mol. The smallest absolute Gasteiger partial charge is 0.410 e. The molecule has 3 aromatic heterocycles. The van der Waals surface area contributed by atoms with Gasteiger partial charge in [-0.25, -0.2) is 14.3 Å².